The Bertz CT molecular complexity index is 1450. The SMILES string of the molecule is CCCCC/C=C/C/C=C/C/C=C/C/C=C/CCCCCC(=O)O[C@H](COC(=O)CCCCCCC/C=C/CCCCCCCC)CO[C@H]1O[C@@H](CO[C@H]2O[C@@H](CO)[C@@H](O)C(O)C2O)[C@@H](O)C(O)C1O. The molecule has 0 aromatic carbocycles. The third kappa shape index (κ3) is 29.0. The van der Waals surface area contributed by atoms with Crippen molar-refractivity contribution in [3.8, 4) is 0 Å². The Balaban J connectivity index is 1.82. The minimum atomic E-state index is -1.77. The van der Waals surface area contributed by atoms with Crippen LogP contribution in [0.2, 0.25) is 0 Å². The van der Waals surface area contributed by atoms with E-state index in [9.17, 15) is 45.3 Å². The number of carbonyl (C=O) groups is 2. The summed E-state index contributed by atoms with van der Waals surface area (Å²) in [6.45, 7) is 2.51. The van der Waals surface area contributed by atoms with Gasteiger partial charge in [-0.3, -0.25) is 9.59 Å². The molecule has 0 aliphatic carbocycles. The van der Waals surface area contributed by atoms with E-state index in [2.05, 4.69) is 74.6 Å². The van der Waals surface area contributed by atoms with Crippen molar-refractivity contribution in [1.82, 2.24) is 0 Å². The molecule has 2 rings (SSSR count). The molecule has 0 aromatic heterocycles. The molecule has 0 amide bonds. The molecule has 2 heterocycles. The van der Waals surface area contributed by atoms with Gasteiger partial charge >= 0.3 is 11.9 Å². The number of esters is 2. The smallest absolute Gasteiger partial charge is 0.306 e. The normalized spacial score (nSPS) is 25.8. The van der Waals surface area contributed by atoms with Crippen molar-refractivity contribution in [2.75, 3.05) is 26.4 Å². The number of carbonyl (C=O) groups excluding carboxylic acids is 2. The number of ether oxygens (including phenoxy) is 6. The van der Waals surface area contributed by atoms with Crippen LogP contribution in [0.3, 0.4) is 0 Å². The summed E-state index contributed by atoms with van der Waals surface area (Å²) < 4.78 is 33.6. The zero-order valence-electron chi connectivity index (χ0n) is 42.7. The van der Waals surface area contributed by atoms with E-state index in [1.54, 1.807) is 0 Å². The monoisotopic (exact) mass is 995 g/mol. The van der Waals surface area contributed by atoms with E-state index in [1.165, 1.54) is 57.8 Å². The van der Waals surface area contributed by atoms with Crippen molar-refractivity contribution in [2.24, 2.45) is 0 Å². The van der Waals surface area contributed by atoms with Crippen molar-refractivity contribution >= 4 is 11.9 Å². The van der Waals surface area contributed by atoms with Crippen LogP contribution in [0, 0.1) is 0 Å². The molecule has 2 saturated heterocycles. The third-order valence-electron chi connectivity index (χ3n) is 12.5. The van der Waals surface area contributed by atoms with Gasteiger partial charge in [-0.05, 0) is 83.5 Å². The molecule has 2 fully saturated rings. The van der Waals surface area contributed by atoms with Gasteiger partial charge in [-0.15, -0.1) is 0 Å². The van der Waals surface area contributed by atoms with Crippen LogP contribution in [-0.2, 0) is 38.0 Å². The summed E-state index contributed by atoms with van der Waals surface area (Å²) in [5.74, 6) is -0.973. The van der Waals surface area contributed by atoms with E-state index < -0.39 is 99.3 Å². The fraction of sp³-hybridized carbons (Fsp3) is 0.782. The Labute approximate surface area is 420 Å². The lowest BCUT2D eigenvalue weighted by Gasteiger charge is -2.42. The molecule has 15 heteroatoms. The number of aliphatic hydroxyl groups excluding tert-OH is 7. The Morgan fingerprint density at radius 3 is 1.40 bits per heavy atom. The van der Waals surface area contributed by atoms with Crippen LogP contribution in [0.1, 0.15) is 181 Å². The van der Waals surface area contributed by atoms with E-state index >= 15 is 0 Å². The maximum Gasteiger partial charge on any atom is 0.306 e. The first-order valence-electron chi connectivity index (χ1n) is 26.9. The standard InChI is InChI=1S/C55H94O15/c1-3-5-7-9-11-13-15-17-19-20-21-22-24-26-28-30-32-34-36-38-47(58)68-43(40-65-46(57)37-35-33-31-29-27-25-23-18-16-14-12-10-8-6-4-2)41-66-54-53(64)51(62)49(60)45(70-54)42-67-55-52(63)50(61)48(59)44(39-56)69-55/h11,13,17-19,21-23,26,28,43-45,48-56,59-64H,3-10,12,14-16,20,24-25,27,29-42H2,1-2H3/b13-11+,19-17+,22-21+,23-18+,28-26+/t43-,44+,45+,48-,49-,50?,51?,52?,53?,54+,55+/m1/s1. The van der Waals surface area contributed by atoms with E-state index in [0.29, 0.717) is 12.8 Å². The van der Waals surface area contributed by atoms with Crippen LogP contribution in [-0.4, -0.2) is 142 Å². The fourth-order valence-electron chi connectivity index (χ4n) is 8.02. The Hall–Kier alpha value is -2.80. The maximum absolute atomic E-state index is 13.0. The molecular formula is C55H94O15. The fourth-order valence-corrected chi connectivity index (χ4v) is 8.02. The number of allylic oxidation sites excluding steroid dienone is 10. The topological polar surface area (TPSA) is 231 Å². The molecule has 0 radical (unpaired) electrons. The van der Waals surface area contributed by atoms with E-state index in [0.717, 1.165) is 83.5 Å². The second-order valence-electron chi connectivity index (χ2n) is 18.7. The van der Waals surface area contributed by atoms with Gasteiger partial charge in [-0.1, -0.05) is 145 Å². The highest BCUT2D eigenvalue weighted by Gasteiger charge is 2.47. The Kier molecular flexibility index (Phi) is 37.7. The first-order chi connectivity index (χ1) is 34.0. The molecular weight excluding hydrogens is 901 g/mol. The van der Waals surface area contributed by atoms with Gasteiger partial charge < -0.3 is 64.2 Å². The minimum absolute atomic E-state index is 0.124. The molecule has 0 aromatic rings. The lowest BCUT2D eigenvalue weighted by Crippen LogP contribution is -2.61. The Morgan fingerprint density at radius 2 is 0.857 bits per heavy atom. The van der Waals surface area contributed by atoms with Crippen LogP contribution >= 0.6 is 0 Å². The van der Waals surface area contributed by atoms with Gasteiger partial charge in [0.1, 0.15) is 55.4 Å². The molecule has 404 valence electrons. The summed E-state index contributed by atoms with van der Waals surface area (Å²) in [4.78, 5) is 25.8. The van der Waals surface area contributed by atoms with Crippen molar-refractivity contribution in [3.63, 3.8) is 0 Å². The summed E-state index contributed by atoms with van der Waals surface area (Å²) in [7, 11) is 0. The summed E-state index contributed by atoms with van der Waals surface area (Å²) in [6.07, 6.45) is 31.0. The van der Waals surface area contributed by atoms with Crippen LogP contribution in [0.15, 0.2) is 60.8 Å². The molecule has 2 aliphatic heterocycles. The van der Waals surface area contributed by atoms with Crippen molar-refractivity contribution in [3.05, 3.63) is 60.8 Å². The van der Waals surface area contributed by atoms with Crippen LogP contribution in [0.5, 0.6) is 0 Å². The second-order valence-corrected chi connectivity index (χ2v) is 18.7. The molecule has 4 unspecified atom stereocenters. The molecule has 0 bridgehead atoms. The molecule has 70 heavy (non-hydrogen) atoms. The van der Waals surface area contributed by atoms with Gasteiger partial charge in [0.25, 0.3) is 0 Å². The molecule has 15 nitrogen and oxygen atoms in total. The molecule has 2 aliphatic rings. The predicted molar refractivity (Wildman–Crippen MR) is 270 cm³/mol. The van der Waals surface area contributed by atoms with Gasteiger partial charge in [0, 0.05) is 12.8 Å². The largest absolute Gasteiger partial charge is 0.462 e. The molecule has 0 spiro atoms. The number of unbranched alkanes of at least 4 members (excludes halogenated alkanes) is 17. The highest BCUT2D eigenvalue weighted by Crippen LogP contribution is 2.26. The van der Waals surface area contributed by atoms with Crippen molar-refractivity contribution in [2.45, 2.75) is 248 Å². The molecule has 7 N–H and O–H groups in total. The van der Waals surface area contributed by atoms with E-state index in [-0.39, 0.29) is 19.4 Å². The third-order valence-corrected chi connectivity index (χ3v) is 12.5. The van der Waals surface area contributed by atoms with Gasteiger partial charge in [0.15, 0.2) is 18.7 Å². The number of hydrogen-bond acceptors (Lipinski definition) is 15. The molecule has 11 atom stereocenters. The zero-order chi connectivity index (χ0) is 51.0. The quantitative estimate of drug-likeness (QED) is 0.0175. The number of aliphatic hydroxyl groups is 7. The summed E-state index contributed by atoms with van der Waals surface area (Å²) in [6, 6.07) is 0. The average molecular weight is 995 g/mol. The van der Waals surface area contributed by atoms with Gasteiger partial charge in [-0.2, -0.15) is 0 Å². The van der Waals surface area contributed by atoms with Crippen LogP contribution < -0.4 is 0 Å². The highest BCUT2D eigenvalue weighted by atomic mass is 16.7. The summed E-state index contributed by atoms with van der Waals surface area (Å²) in [5, 5.41) is 72.1. The van der Waals surface area contributed by atoms with Crippen LogP contribution in [0.4, 0.5) is 0 Å². The summed E-state index contributed by atoms with van der Waals surface area (Å²) in [5.41, 5.74) is 0. The Morgan fingerprint density at radius 1 is 0.457 bits per heavy atom. The number of rotatable bonds is 41. The first kappa shape index (κ1) is 63.3. The summed E-state index contributed by atoms with van der Waals surface area (Å²) >= 11 is 0. The van der Waals surface area contributed by atoms with E-state index in [1.807, 2.05) is 0 Å². The maximum atomic E-state index is 13.0. The second kappa shape index (κ2) is 41.6. The first-order valence-corrected chi connectivity index (χ1v) is 26.9. The van der Waals surface area contributed by atoms with Crippen molar-refractivity contribution < 1.29 is 73.8 Å². The predicted octanol–water partition coefficient (Wildman–Crippen LogP) is 8.05. The van der Waals surface area contributed by atoms with Crippen LogP contribution in [0.25, 0.3) is 0 Å². The molecule has 0 saturated carbocycles. The van der Waals surface area contributed by atoms with Gasteiger partial charge in [-0.25, -0.2) is 0 Å². The zero-order valence-corrected chi connectivity index (χ0v) is 42.7. The lowest BCUT2D eigenvalue weighted by molar-refractivity contribution is -0.332. The number of hydrogen-bond donors (Lipinski definition) is 7. The lowest BCUT2D eigenvalue weighted by atomic mass is 9.98. The van der Waals surface area contributed by atoms with E-state index in [4.69, 9.17) is 28.4 Å². The highest BCUT2D eigenvalue weighted by molar-refractivity contribution is 5.70. The van der Waals surface area contributed by atoms with Gasteiger partial charge in [0.2, 0.25) is 0 Å². The van der Waals surface area contributed by atoms with Gasteiger partial charge in [0.05, 0.1) is 19.8 Å². The average Bonchev–Trinajstić information content (AvgIpc) is 3.35. The van der Waals surface area contributed by atoms with Crippen molar-refractivity contribution in [1.29, 1.82) is 0 Å². The minimum Gasteiger partial charge on any atom is -0.462 e.